The van der Waals surface area contributed by atoms with Crippen LogP contribution in [-0.4, -0.2) is 21.7 Å². The van der Waals surface area contributed by atoms with Crippen LogP contribution in [0.3, 0.4) is 0 Å². The fourth-order valence-corrected chi connectivity index (χ4v) is 0. The van der Waals surface area contributed by atoms with Gasteiger partial charge in [-0.2, -0.15) is 7.05 Å². The van der Waals surface area contributed by atoms with Crippen molar-refractivity contribution in [2.75, 3.05) is 13.3 Å². The fraction of sp³-hybridized carbons (Fsp3) is 1.00. The van der Waals surface area contributed by atoms with Gasteiger partial charge in [0.25, 0.3) is 0 Å². The van der Waals surface area contributed by atoms with Gasteiger partial charge in [0.15, 0.2) is 0 Å². The summed E-state index contributed by atoms with van der Waals surface area (Å²) < 4.78 is 22.7. The van der Waals surface area contributed by atoms with E-state index in [0.717, 1.165) is 6.26 Å². The molecule has 5 heteroatoms. The quantitative estimate of drug-likeness (QED) is 0.591. The van der Waals surface area contributed by atoms with Crippen LogP contribution >= 0.6 is 0 Å². The molecule has 0 aromatic heterocycles. The maximum atomic E-state index is 9.83. The zero-order valence-electron chi connectivity index (χ0n) is 4.25. The Bertz CT molecular complexity index is 118. The number of rotatable bonds is 1. The van der Waals surface area contributed by atoms with Crippen molar-refractivity contribution in [2.45, 2.75) is 0 Å². The molecule has 0 atom stereocenters. The van der Waals surface area contributed by atoms with E-state index in [1.807, 2.05) is 0 Å². The third-order valence-electron chi connectivity index (χ3n) is 0.332. The van der Waals surface area contributed by atoms with E-state index < -0.39 is 10.0 Å². The third kappa shape index (κ3) is 10.9. The summed E-state index contributed by atoms with van der Waals surface area (Å²) >= 11 is 0. The molecule has 0 unspecified atom stereocenters. The van der Waals surface area contributed by atoms with Gasteiger partial charge in [-0.15, -0.1) is 0 Å². The molecule has 0 amide bonds. The van der Waals surface area contributed by atoms with Crippen molar-refractivity contribution in [1.82, 2.24) is 0 Å². The van der Waals surface area contributed by atoms with Crippen LogP contribution in [0.1, 0.15) is 0 Å². The summed E-state index contributed by atoms with van der Waals surface area (Å²) in [5.41, 5.74) is 0. The van der Waals surface area contributed by atoms with Gasteiger partial charge in [-0.25, -0.2) is 8.42 Å². The van der Waals surface area contributed by atoms with Gasteiger partial charge in [-0.05, 0) is 0 Å². The summed E-state index contributed by atoms with van der Waals surface area (Å²) in [5, 5.41) is 0. The maximum Gasteiger partial charge on any atom is 0.0690 e. The van der Waals surface area contributed by atoms with E-state index in [0.29, 0.717) is 0 Å². The van der Waals surface area contributed by atoms with Crippen LogP contribution in [0.5, 0.6) is 0 Å². The van der Waals surface area contributed by atoms with E-state index in [2.05, 4.69) is 4.72 Å². The summed E-state index contributed by atoms with van der Waals surface area (Å²) in [4.78, 5) is 0. The number of hydrogen-bond donors (Lipinski definition) is 0. The van der Waals surface area contributed by atoms with Crippen molar-refractivity contribution < 1.29 is 41.1 Å². The van der Waals surface area contributed by atoms with Gasteiger partial charge >= 0.3 is 0 Å². The van der Waals surface area contributed by atoms with E-state index in [-0.39, 0.29) is 32.7 Å². The van der Waals surface area contributed by atoms with Gasteiger partial charge in [0.05, 0.1) is 10.0 Å². The predicted molar refractivity (Wildman–Crippen MR) is 24.1 cm³/mol. The molecule has 0 rings (SSSR count). The second-order valence-electron chi connectivity index (χ2n) is 0.916. The van der Waals surface area contributed by atoms with Crippen LogP contribution in [0.2, 0.25) is 0 Å². The molecule has 0 aliphatic rings. The summed E-state index contributed by atoms with van der Waals surface area (Å²) in [7, 11) is -1.79. The van der Waals surface area contributed by atoms with Crippen LogP contribution in [0, 0.1) is 0 Å². The molecule has 0 saturated heterocycles. The Labute approximate surface area is 68.8 Å². The first-order valence-corrected chi connectivity index (χ1v) is 3.22. The van der Waals surface area contributed by atoms with E-state index in [1.54, 1.807) is 0 Å². The van der Waals surface area contributed by atoms with E-state index in [9.17, 15) is 8.42 Å². The Hall–Kier alpha value is 1.01. The molecular weight excluding hydrogens is 191 g/mol. The first-order chi connectivity index (χ1) is 2.56. The smallest absolute Gasteiger partial charge is 0.0690 e. The Balaban J connectivity index is 0. The molecule has 0 aromatic rings. The second-order valence-corrected chi connectivity index (χ2v) is 2.75. The minimum atomic E-state index is -3.04. The molecule has 0 bridgehead atoms. The van der Waals surface area contributed by atoms with Crippen molar-refractivity contribution in [1.29, 1.82) is 0 Å². The van der Waals surface area contributed by atoms with Crippen LogP contribution in [-0.2, 0) is 42.7 Å². The van der Waals surface area contributed by atoms with Crippen LogP contribution < -0.4 is 0 Å². The molecule has 0 aromatic carbocycles. The van der Waals surface area contributed by atoms with Gasteiger partial charge < -0.3 is 4.72 Å². The molecule has 0 aliphatic carbocycles. The number of sulfonamides is 1. The van der Waals surface area contributed by atoms with Crippen LogP contribution in [0.4, 0.5) is 0 Å². The largest absolute Gasteiger partial charge is 0.552 e. The average molecular weight is 197 g/mol. The molecule has 0 heterocycles. The van der Waals surface area contributed by atoms with Crippen molar-refractivity contribution in [3.8, 4) is 0 Å². The molecule has 0 N–H and O–H groups in total. The van der Waals surface area contributed by atoms with Gasteiger partial charge in [-0.3, -0.25) is 0 Å². The first-order valence-electron chi connectivity index (χ1n) is 1.37. The maximum absolute atomic E-state index is 9.83. The van der Waals surface area contributed by atoms with E-state index in [1.165, 1.54) is 7.05 Å². The standard InChI is InChI=1S/C2H6NO2S.Y/c1-3-6(2,4)5;/h1-2H3;/q-1;. The average Bonchev–Trinajstić information content (AvgIpc) is 1.35. The Morgan fingerprint density at radius 3 is 1.57 bits per heavy atom. The molecular formula is C2H6NO2SY-. The van der Waals surface area contributed by atoms with Crippen molar-refractivity contribution >= 4 is 10.0 Å². The van der Waals surface area contributed by atoms with Gasteiger partial charge in [-0.1, -0.05) is 0 Å². The van der Waals surface area contributed by atoms with Crippen molar-refractivity contribution in [2.24, 2.45) is 0 Å². The summed E-state index contributed by atoms with van der Waals surface area (Å²) in [6, 6.07) is 0. The summed E-state index contributed by atoms with van der Waals surface area (Å²) in [6.07, 6.45) is 1.05. The molecule has 0 spiro atoms. The molecule has 0 fully saturated rings. The third-order valence-corrected chi connectivity index (χ3v) is 0.995. The van der Waals surface area contributed by atoms with Crippen LogP contribution in [0.25, 0.3) is 4.72 Å². The predicted octanol–water partition coefficient (Wildman–Crippen LogP) is -0.0530. The monoisotopic (exact) mass is 197 g/mol. The molecule has 41 valence electrons. The van der Waals surface area contributed by atoms with Crippen LogP contribution in [0.15, 0.2) is 0 Å². The summed E-state index contributed by atoms with van der Waals surface area (Å²) in [5.74, 6) is 0. The zero-order chi connectivity index (χ0) is 5.21. The second kappa shape index (κ2) is 3.95. The number of nitrogens with zero attached hydrogens (tertiary/aromatic N) is 1. The topological polar surface area (TPSA) is 48.2 Å². The molecule has 0 aliphatic heterocycles. The molecule has 1 radical (unpaired) electrons. The van der Waals surface area contributed by atoms with Gasteiger partial charge in [0.2, 0.25) is 0 Å². The Morgan fingerprint density at radius 2 is 1.57 bits per heavy atom. The van der Waals surface area contributed by atoms with Crippen molar-refractivity contribution in [3.63, 3.8) is 0 Å². The minimum absolute atomic E-state index is 0. The van der Waals surface area contributed by atoms with Gasteiger partial charge in [0, 0.05) is 39.0 Å². The Kier molecular flexibility index (Phi) is 6.15. The molecule has 7 heavy (non-hydrogen) atoms. The molecule has 0 saturated carbocycles. The van der Waals surface area contributed by atoms with Crippen molar-refractivity contribution in [3.05, 3.63) is 4.72 Å². The normalized spacial score (nSPS) is 10.0. The van der Waals surface area contributed by atoms with E-state index in [4.69, 9.17) is 0 Å². The Morgan fingerprint density at radius 1 is 1.43 bits per heavy atom. The van der Waals surface area contributed by atoms with Gasteiger partial charge in [0.1, 0.15) is 0 Å². The zero-order valence-corrected chi connectivity index (χ0v) is 7.90. The van der Waals surface area contributed by atoms with E-state index >= 15 is 0 Å². The fourth-order valence-electron chi connectivity index (χ4n) is 0. The first kappa shape index (κ1) is 10.9. The summed E-state index contributed by atoms with van der Waals surface area (Å²) in [6.45, 7) is 0. The SMILES string of the molecule is C[N-]S(C)(=O)=O.[Y]. The minimum Gasteiger partial charge on any atom is -0.552 e. The number of hydrogen-bond acceptors (Lipinski definition) is 2. The molecule has 3 nitrogen and oxygen atoms in total.